The SMILES string of the molecule is O=c1[nH]c2nnc(-c3ccc(-c4cccc(Cl)c4)o3)[nH+]c2c(=O)n1C1CCN(Cc2ccccc2)CC1. The number of H-pyrrole nitrogens is 2. The van der Waals surface area contributed by atoms with E-state index in [0.29, 0.717) is 29.4 Å². The summed E-state index contributed by atoms with van der Waals surface area (Å²) in [5.74, 6) is 1.30. The van der Waals surface area contributed by atoms with Gasteiger partial charge in [0.05, 0.1) is 5.10 Å². The molecule has 3 aromatic heterocycles. The summed E-state index contributed by atoms with van der Waals surface area (Å²) in [6, 6.07) is 20.9. The Bertz CT molecular complexity index is 1690. The van der Waals surface area contributed by atoms with Crippen LogP contribution in [0.5, 0.6) is 0 Å². The Morgan fingerprint density at radius 3 is 2.54 bits per heavy atom. The second-order valence-corrected chi connectivity index (χ2v) is 9.61. The first kappa shape index (κ1) is 23.3. The van der Waals surface area contributed by atoms with Gasteiger partial charge in [-0.1, -0.05) is 54.1 Å². The van der Waals surface area contributed by atoms with Crippen LogP contribution in [0, 0.1) is 0 Å². The monoisotopic (exact) mass is 515 g/mol. The number of fused-ring (bicyclic) bond motifs is 1. The molecule has 0 saturated carbocycles. The molecule has 0 aliphatic carbocycles. The molecule has 4 heterocycles. The first-order chi connectivity index (χ1) is 18.0. The number of likely N-dealkylation sites (tertiary alicyclic amines) is 1. The number of halogens is 1. The van der Waals surface area contributed by atoms with Gasteiger partial charge in [-0.15, -0.1) is 0 Å². The lowest BCUT2D eigenvalue weighted by atomic mass is 10.0. The van der Waals surface area contributed by atoms with E-state index in [9.17, 15) is 9.59 Å². The maximum absolute atomic E-state index is 13.5. The molecule has 186 valence electrons. The molecule has 1 saturated heterocycles. The summed E-state index contributed by atoms with van der Waals surface area (Å²) in [5, 5.41) is 8.81. The largest absolute Gasteiger partial charge is 0.448 e. The van der Waals surface area contributed by atoms with Crippen LogP contribution in [0.4, 0.5) is 0 Å². The maximum Gasteiger partial charge on any atom is 0.392 e. The van der Waals surface area contributed by atoms with Crippen molar-refractivity contribution in [2.75, 3.05) is 13.1 Å². The lowest BCUT2D eigenvalue weighted by Crippen LogP contribution is -2.44. The molecule has 1 aliphatic heterocycles. The van der Waals surface area contributed by atoms with Crippen LogP contribution >= 0.6 is 11.6 Å². The molecule has 0 atom stereocenters. The lowest BCUT2D eigenvalue weighted by Gasteiger charge is -2.32. The van der Waals surface area contributed by atoms with Gasteiger partial charge in [-0.05, 0) is 47.8 Å². The van der Waals surface area contributed by atoms with Gasteiger partial charge in [-0.2, -0.15) is 0 Å². The number of nitrogens with zero attached hydrogens (tertiary/aromatic N) is 4. The van der Waals surface area contributed by atoms with E-state index in [1.165, 1.54) is 10.1 Å². The van der Waals surface area contributed by atoms with Crippen molar-refractivity contribution in [3.05, 3.63) is 98.2 Å². The highest BCUT2D eigenvalue weighted by molar-refractivity contribution is 6.30. The van der Waals surface area contributed by atoms with Crippen molar-refractivity contribution < 1.29 is 9.40 Å². The minimum atomic E-state index is -0.476. The van der Waals surface area contributed by atoms with E-state index in [-0.39, 0.29) is 23.0 Å². The van der Waals surface area contributed by atoms with Crippen LogP contribution in [0.2, 0.25) is 5.02 Å². The van der Waals surface area contributed by atoms with E-state index in [4.69, 9.17) is 16.0 Å². The average molecular weight is 516 g/mol. The molecule has 1 fully saturated rings. The number of hydrogen-bond donors (Lipinski definition) is 1. The predicted octanol–water partition coefficient (Wildman–Crippen LogP) is 3.71. The second kappa shape index (κ2) is 9.76. The normalized spacial score (nSPS) is 14.8. The van der Waals surface area contributed by atoms with Crippen LogP contribution in [-0.2, 0) is 6.54 Å². The Balaban J connectivity index is 1.27. The number of aromatic amines is 2. The summed E-state index contributed by atoms with van der Waals surface area (Å²) >= 11 is 6.10. The molecule has 0 spiro atoms. The van der Waals surface area contributed by atoms with Gasteiger partial charge in [0.25, 0.3) is 0 Å². The third-order valence-electron chi connectivity index (χ3n) is 6.73. The minimum absolute atomic E-state index is 0.109. The number of rotatable bonds is 5. The highest BCUT2D eigenvalue weighted by atomic mass is 35.5. The minimum Gasteiger partial charge on any atom is -0.448 e. The Labute approximate surface area is 216 Å². The van der Waals surface area contributed by atoms with Gasteiger partial charge in [-0.3, -0.25) is 19.2 Å². The summed E-state index contributed by atoms with van der Waals surface area (Å²) in [5.41, 5.74) is 1.46. The Kier molecular flexibility index (Phi) is 6.15. The fourth-order valence-electron chi connectivity index (χ4n) is 4.85. The number of benzene rings is 2. The molecule has 6 rings (SSSR count). The van der Waals surface area contributed by atoms with Crippen LogP contribution in [-0.4, -0.2) is 37.7 Å². The molecule has 0 unspecified atom stereocenters. The van der Waals surface area contributed by atoms with Gasteiger partial charge in [-0.25, -0.2) is 9.78 Å². The average Bonchev–Trinajstić information content (AvgIpc) is 3.41. The topological polar surface area (TPSA) is 111 Å². The van der Waals surface area contributed by atoms with Crippen molar-refractivity contribution in [3.8, 4) is 22.9 Å². The summed E-state index contributed by atoms with van der Waals surface area (Å²) < 4.78 is 7.26. The van der Waals surface area contributed by atoms with Crippen LogP contribution in [0.15, 0.2) is 80.7 Å². The third kappa shape index (κ3) is 4.71. The van der Waals surface area contributed by atoms with E-state index in [0.717, 1.165) is 25.2 Å². The molecule has 1 aliphatic rings. The highest BCUT2D eigenvalue weighted by Crippen LogP contribution is 2.27. The van der Waals surface area contributed by atoms with Crippen molar-refractivity contribution in [2.45, 2.75) is 25.4 Å². The Morgan fingerprint density at radius 1 is 0.973 bits per heavy atom. The quantitative estimate of drug-likeness (QED) is 0.382. The number of aromatic nitrogens is 5. The van der Waals surface area contributed by atoms with Crippen molar-refractivity contribution in [1.82, 2.24) is 24.6 Å². The first-order valence-electron chi connectivity index (χ1n) is 12.1. The van der Waals surface area contributed by atoms with Gasteiger partial charge in [0.1, 0.15) is 5.76 Å². The van der Waals surface area contributed by atoms with Crippen LogP contribution in [0.3, 0.4) is 0 Å². The zero-order valence-electron chi connectivity index (χ0n) is 19.9. The van der Waals surface area contributed by atoms with Crippen LogP contribution < -0.4 is 16.2 Å². The number of nitrogens with one attached hydrogen (secondary N) is 2. The van der Waals surface area contributed by atoms with Gasteiger partial charge >= 0.3 is 17.1 Å². The van der Waals surface area contributed by atoms with E-state index in [1.54, 1.807) is 24.3 Å². The summed E-state index contributed by atoms with van der Waals surface area (Å²) in [6.45, 7) is 2.45. The fraction of sp³-hybridized carbons (Fsp3) is 0.222. The van der Waals surface area contributed by atoms with E-state index < -0.39 is 11.2 Å². The molecule has 2 N–H and O–H groups in total. The standard InChI is InChI=1S/C27H23ClN6O3/c28-19-8-4-7-18(15-19)21-9-10-22(37-21)24-29-23-25(32-31-24)30-27(36)34(26(23)35)20-11-13-33(14-12-20)16-17-5-2-1-3-6-17/h1-10,15,20H,11-14,16H2,(H,30,32,36)/p+1. The fourth-order valence-corrected chi connectivity index (χ4v) is 5.04. The van der Waals surface area contributed by atoms with Crippen LogP contribution in [0.25, 0.3) is 34.1 Å². The van der Waals surface area contributed by atoms with Gasteiger partial charge in [0.2, 0.25) is 16.9 Å². The van der Waals surface area contributed by atoms with Crippen molar-refractivity contribution in [3.63, 3.8) is 0 Å². The van der Waals surface area contributed by atoms with Crippen molar-refractivity contribution in [2.24, 2.45) is 0 Å². The molecule has 5 aromatic rings. The number of hydrogen-bond acceptors (Lipinski definition) is 6. The maximum atomic E-state index is 13.5. The summed E-state index contributed by atoms with van der Waals surface area (Å²) in [7, 11) is 0. The second-order valence-electron chi connectivity index (χ2n) is 9.17. The van der Waals surface area contributed by atoms with Crippen molar-refractivity contribution >= 4 is 22.8 Å². The van der Waals surface area contributed by atoms with E-state index >= 15 is 0 Å². The number of piperidine rings is 1. The van der Waals surface area contributed by atoms with Gasteiger partial charge in [0.15, 0.2) is 0 Å². The van der Waals surface area contributed by atoms with E-state index in [2.05, 4.69) is 37.2 Å². The van der Waals surface area contributed by atoms with Gasteiger partial charge < -0.3 is 4.42 Å². The summed E-state index contributed by atoms with van der Waals surface area (Å²) in [4.78, 5) is 34.4. The molecule has 0 bridgehead atoms. The molecule has 2 aromatic carbocycles. The zero-order valence-corrected chi connectivity index (χ0v) is 20.6. The Hall–Kier alpha value is -4.08. The molecule has 9 nitrogen and oxygen atoms in total. The predicted molar refractivity (Wildman–Crippen MR) is 139 cm³/mol. The zero-order chi connectivity index (χ0) is 25.4. The highest BCUT2D eigenvalue weighted by Gasteiger charge is 2.27. The molecule has 37 heavy (non-hydrogen) atoms. The smallest absolute Gasteiger partial charge is 0.392 e. The third-order valence-corrected chi connectivity index (χ3v) is 6.96. The van der Waals surface area contributed by atoms with Crippen molar-refractivity contribution in [1.29, 1.82) is 0 Å². The first-order valence-corrected chi connectivity index (χ1v) is 12.5. The van der Waals surface area contributed by atoms with Crippen LogP contribution in [0.1, 0.15) is 24.4 Å². The Morgan fingerprint density at radius 2 is 1.76 bits per heavy atom. The van der Waals surface area contributed by atoms with E-state index in [1.807, 2.05) is 30.3 Å². The molecular formula is C27H24ClN6O3+. The number of furan rings is 1. The molecule has 0 amide bonds. The van der Waals surface area contributed by atoms with Gasteiger partial charge in [0, 0.05) is 36.3 Å². The molecular weight excluding hydrogens is 492 g/mol. The summed E-state index contributed by atoms with van der Waals surface area (Å²) in [6.07, 6.45) is 1.40. The lowest BCUT2D eigenvalue weighted by molar-refractivity contribution is -0.338. The molecule has 10 heteroatoms. The molecule has 0 radical (unpaired) electrons.